The number of phenols is 1. The highest BCUT2D eigenvalue weighted by atomic mass is 16.5. The summed E-state index contributed by atoms with van der Waals surface area (Å²) in [6.07, 6.45) is 9.22. The number of phenolic OH excluding ortho intramolecular Hbond substituents is 1. The van der Waals surface area contributed by atoms with E-state index in [0.29, 0.717) is 62.2 Å². The van der Waals surface area contributed by atoms with E-state index >= 15 is 4.79 Å². The second kappa shape index (κ2) is 22.3. The third-order valence-corrected chi connectivity index (χ3v) is 21.5. The molecule has 12 rings (SSSR count). The van der Waals surface area contributed by atoms with E-state index in [4.69, 9.17) is 10.5 Å². The number of carbonyl (C=O) groups excluding carboxylic acids is 2. The number of Topliss-reactive ketones (excluding diaryl/α,β-unsaturated/α-hetero) is 2. The van der Waals surface area contributed by atoms with E-state index in [2.05, 4.69) is 88.4 Å². The number of benzene rings is 3. The van der Waals surface area contributed by atoms with E-state index in [-0.39, 0.29) is 120 Å². The van der Waals surface area contributed by atoms with Gasteiger partial charge in [0.25, 0.3) is 0 Å². The van der Waals surface area contributed by atoms with Gasteiger partial charge in [-0.3, -0.25) is 9.59 Å². The third-order valence-electron chi connectivity index (χ3n) is 21.5. The lowest BCUT2D eigenvalue weighted by Crippen LogP contribution is -2.66. The minimum absolute atomic E-state index is 0.00850. The Kier molecular flexibility index (Phi) is 15.4. The number of allylic oxidation sites excluding steroid dienone is 2. The number of aromatic nitrogens is 1. The van der Waals surface area contributed by atoms with Crippen LogP contribution in [0.3, 0.4) is 0 Å². The largest absolute Gasteiger partial charge is 0.504 e. The number of carbonyl (C=O) groups is 2. The number of hydrogen-bond acceptors (Lipinski definition) is 13. The zero-order chi connectivity index (χ0) is 55.6. The number of methoxy groups -OCH3 is 1. The van der Waals surface area contributed by atoms with Gasteiger partial charge in [-0.15, -0.1) is 0 Å². The minimum Gasteiger partial charge on any atom is -0.504 e. The number of dihydropyridines is 1. The van der Waals surface area contributed by atoms with Crippen molar-refractivity contribution in [3.05, 3.63) is 118 Å². The number of hydrogen-bond donors (Lipinski definition) is 11. The van der Waals surface area contributed by atoms with Gasteiger partial charge in [-0.2, -0.15) is 0 Å². The first-order valence-electron chi connectivity index (χ1n) is 30.0. The summed E-state index contributed by atoms with van der Waals surface area (Å²) in [5.41, 5.74) is 10.7. The molecule has 8 aliphatic rings. The summed E-state index contributed by atoms with van der Waals surface area (Å²) in [5, 5.41) is 83.3. The molecule has 3 aromatic carbocycles. The molecule has 426 valence electrons. The molecule has 16 atom stereocenters. The van der Waals surface area contributed by atoms with Crippen molar-refractivity contribution in [3.8, 4) is 23.3 Å². The Morgan fingerprint density at radius 2 is 1.73 bits per heavy atom. The number of aromatic amines is 1. The topological polar surface area (TPSA) is 243 Å². The highest BCUT2D eigenvalue weighted by Crippen LogP contribution is 2.66. The SMILES string of the molecule is COc1cc2c(cc1O)[C@@H](C[C@H](O)[C@H](O)C[C@H](C1=CCNC(N)=C1)c1ccc3ccccc3c1)C#C[C@@]1(CC[C@H]([C@H]3[C@H](CCC(O)O)[C@@H]4CN[C@@H]5CC(=O)C[C@@H]6c7cc[nH]c7[C@@H]([C@@H]3CNC3(C)CCCC3)[C@@H]4[C@@H]65)C[C@H]1O)C(=O)CC2. The summed E-state index contributed by atoms with van der Waals surface area (Å²) < 4.78 is 5.59. The molecule has 1 saturated heterocycles. The number of ether oxygens (including phenoxy) is 1. The number of nitrogens with one attached hydrogen (secondary N) is 4. The van der Waals surface area contributed by atoms with Gasteiger partial charge in [0.05, 0.1) is 31.2 Å². The molecule has 12 N–H and O–H groups in total. The van der Waals surface area contributed by atoms with Crippen LogP contribution in [0.1, 0.15) is 148 Å². The number of aliphatic hydroxyl groups is 5. The molecule has 0 unspecified atom stereocenters. The Labute approximate surface area is 470 Å². The first kappa shape index (κ1) is 55.1. The number of aryl methyl sites for hydroxylation is 1. The van der Waals surface area contributed by atoms with Crippen molar-refractivity contribution in [1.29, 1.82) is 0 Å². The van der Waals surface area contributed by atoms with E-state index < -0.39 is 35.9 Å². The fourth-order valence-electron chi connectivity index (χ4n) is 17.7. The molecule has 14 heteroatoms. The molecule has 0 radical (unpaired) electrons. The number of fused-ring (bicyclic) bond motifs is 5. The van der Waals surface area contributed by atoms with Crippen molar-refractivity contribution >= 4 is 22.3 Å². The van der Waals surface area contributed by atoms with Gasteiger partial charge in [-0.05, 0) is 194 Å². The molecule has 4 aromatic rings. The lowest BCUT2D eigenvalue weighted by atomic mass is 9.43. The predicted octanol–water partition coefficient (Wildman–Crippen LogP) is 7.19. The summed E-state index contributed by atoms with van der Waals surface area (Å²) in [5.74, 6) is 7.94. The van der Waals surface area contributed by atoms with Crippen LogP contribution in [0.15, 0.2) is 90.4 Å². The lowest BCUT2D eigenvalue weighted by Gasteiger charge is -2.64. The van der Waals surface area contributed by atoms with Gasteiger partial charge in [-0.25, -0.2) is 0 Å². The van der Waals surface area contributed by atoms with E-state index in [9.17, 15) is 35.4 Å². The first-order chi connectivity index (χ1) is 38.6. The van der Waals surface area contributed by atoms with E-state index in [0.717, 1.165) is 53.4 Å². The molecule has 6 aliphatic carbocycles. The number of piperidine rings is 1. The predicted molar refractivity (Wildman–Crippen MR) is 306 cm³/mol. The molecule has 4 saturated carbocycles. The molecule has 3 heterocycles. The number of ketones is 2. The molecule has 2 aliphatic heterocycles. The summed E-state index contributed by atoms with van der Waals surface area (Å²) >= 11 is 0. The second-order valence-corrected chi connectivity index (χ2v) is 25.8. The highest BCUT2D eigenvalue weighted by molar-refractivity contribution is 5.89. The zero-order valence-electron chi connectivity index (χ0n) is 46.5. The van der Waals surface area contributed by atoms with Crippen molar-refractivity contribution in [2.24, 2.45) is 52.6 Å². The molecular formula is C66H83N5O9. The minimum atomic E-state index is -1.46. The van der Waals surface area contributed by atoms with Crippen LogP contribution in [0.2, 0.25) is 0 Å². The average Bonchev–Trinajstić information content (AvgIpc) is 4.32. The average molecular weight is 1090 g/mol. The number of nitrogens with two attached hydrogens (primary N) is 1. The fraction of sp³-hybridized carbons (Fsp3) is 0.576. The maximum absolute atomic E-state index is 15.2. The van der Waals surface area contributed by atoms with Crippen molar-refractivity contribution in [2.45, 2.75) is 163 Å². The van der Waals surface area contributed by atoms with Crippen LogP contribution in [-0.2, 0) is 16.0 Å². The molecule has 0 bridgehead atoms. The molecule has 1 spiro atoms. The van der Waals surface area contributed by atoms with Crippen molar-refractivity contribution in [3.63, 3.8) is 0 Å². The molecule has 1 aromatic heterocycles. The Morgan fingerprint density at radius 1 is 0.912 bits per heavy atom. The number of H-pyrrole nitrogens is 1. The van der Waals surface area contributed by atoms with Crippen LogP contribution in [0.4, 0.5) is 0 Å². The van der Waals surface area contributed by atoms with Crippen LogP contribution in [0.5, 0.6) is 11.5 Å². The first-order valence-corrected chi connectivity index (χ1v) is 30.0. The normalized spacial score (nSPS) is 33.5. The monoisotopic (exact) mass is 1090 g/mol. The Bertz CT molecular complexity index is 3100. The Balaban J connectivity index is 0.878. The van der Waals surface area contributed by atoms with Crippen molar-refractivity contribution < 1.29 is 45.0 Å². The highest BCUT2D eigenvalue weighted by Gasteiger charge is 2.63. The Morgan fingerprint density at radius 3 is 2.50 bits per heavy atom. The maximum atomic E-state index is 15.2. The lowest BCUT2D eigenvalue weighted by molar-refractivity contribution is -0.142. The summed E-state index contributed by atoms with van der Waals surface area (Å²) in [4.78, 5) is 32.3. The van der Waals surface area contributed by atoms with Crippen molar-refractivity contribution in [1.82, 2.24) is 20.9 Å². The van der Waals surface area contributed by atoms with Gasteiger partial charge in [-0.1, -0.05) is 73.2 Å². The molecule has 0 amide bonds. The smallest absolute Gasteiger partial charge is 0.160 e. The van der Waals surface area contributed by atoms with Crippen LogP contribution < -0.4 is 26.4 Å². The number of aliphatic hydroxyl groups excluding tert-OH is 4. The van der Waals surface area contributed by atoms with Crippen LogP contribution in [0.25, 0.3) is 10.8 Å². The van der Waals surface area contributed by atoms with Gasteiger partial charge in [0, 0.05) is 67.0 Å². The van der Waals surface area contributed by atoms with E-state index in [1.807, 2.05) is 18.2 Å². The number of aromatic hydroxyl groups is 1. The summed E-state index contributed by atoms with van der Waals surface area (Å²) in [6.45, 7) is 4.38. The molecule has 5 fully saturated rings. The quantitative estimate of drug-likeness (QED) is 0.0418. The second-order valence-electron chi connectivity index (χ2n) is 25.8. The van der Waals surface area contributed by atoms with Crippen molar-refractivity contribution in [2.75, 3.05) is 26.7 Å². The van der Waals surface area contributed by atoms with Gasteiger partial charge >= 0.3 is 0 Å². The standard InChI is InChI=1S/C66H83N5O9/c1-65(19-5-6-20-65)71-35-50-60(44(12-14-59(78)79)49-34-70-51-31-43(72)30-48-45-18-24-69-64(45)63(50)62(49)61(48)51)42-16-22-66(57(77)28-42)21-15-40(47-33-54(75)55(80-2)27-39(47)11-13-56(66)76)26-52(73)53(74)32-46(41-17-23-68-58(67)29-41)38-10-9-36-7-3-4-8-37(36)25-38/h3-4,7-10,17-18,24-25,27,29,33,40,42,44,46,48-53,57,59-63,68-71,73-75,77-79H,5-6,11-14,16,19-20,22-23,26,28,30-32,34-35,67H2,1-2H3/t40-,42+,44-,46+,48-,49+,50-,51-,52+,53-,57-,60+,61+,62+,63+,66-/m1/s1. The van der Waals surface area contributed by atoms with Crippen LogP contribution in [-0.4, -0.2) is 110 Å². The van der Waals surface area contributed by atoms with Gasteiger partial charge in [0.15, 0.2) is 23.6 Å². The Hall–Kier alpha value is -5.50. The summed E-state index contributed by atoms with van der Waals surface area (Å²) in [7, 11) is 1.48. The maximum Gasteiger partial charge on any atom is 0.160 e. The van der Waals surface area contributed by atoms with E-state index in [1.54, 1.807) is 12.1 Å². The van der Waals surface area contributed by atoms with Gasteiger partial charge in [0.2, 0.25) is 0 Å². The molecular weight excluding hydrogens is 1010 g/mol. The van der Waals surface area contributed by atoms with Crippen LogP contribution in [0, 0.1) is 58.7 Å². The van der Waals surface area contributed by atoms with Crippen LogP contribution >= 0.6 is 0 Å². The zero-order valence-corrected chi connectivity index (χ0v) is 46.5. The van der Waals surface area contributed by atoms with Gasteiger partial charge < -0.3 is 62.0 Å². The third kappa shape index (κ3) is 10.2. The number of rotatable bonds is 15. The molecule has 14 nitrogen and oxygen atoms in total. The fourth-order valence-corrected chi connectivity index (χ4v) is 17.7. The summed E-state index contributed by atoms with van der Waals surface area (Å²) in [6, 6.07) is 20.0. The van der Waals surface area contributed by atoms with Gasteiger partial charge in [0.1, 0.15) is 11.2 Å². The van der Waals surface area contributed by atoms with E-state index in [1.165, 1.54) is 31.2 Å². The molecule has 80 heavy (non-hydrogen) atoms.